The van der Waals surface area contributed by atoms with Gasteiger partial charge < -0.3 is 29.4 Å². The number of esters is 1. The Kier molecular flexibility index (Phi) is 9.66. The topological polar surface area (TPSA) is 119 Å². The van der Waals surface area contributed by atoms with Gasteiger partial charge in [-0.1, -0.05) is 25.0 Å². The zero-order valence-corrected chi connectivity index (χ0v) is 21.1. The van der Waals surface area contributed by atoms with E-state index in [1.165, 1.54) is 25.3 Å². The SMILES string of the molecule is CCN(CC)CCCNc1nnc(-c2ccc(NC(=O)c3cccc(OC)c3OC(=O)C(F)(F)F)cc2)o1. The predicted octanol–water partition coefficient (Wildman–Crippen LogP) is 4.61. The summed E-state index contributed by atoms with van der Waals surface area (Å²) in [5.74, 6) is -3.87. The predicted molar refractivity (Wildman–Crippen MR) is 133 cm³/mol. The molecule has 0 aliphatic heterocycles. The van der Waals surface area contributed by atoms with Crippen LogP contribution < -0.4 is 20.1 Å². The highest BCUT2D eigenvalue weighted by atomic mass is 19.4. The van der Waals surface area contributed by atoms with Gasteiger partial charge in [-0.15, -0.1) is 5.10 Å². The normalized spacial score (nSPS) is 11.3. The molecule has 0 saturated heterocycles. The molecule has 0 bridgehead atoms. The number of ether oxygens (including phenoxy) is 2. The molecule has 0 aliphatic rings. The molecule has 0 saturated carbocycles. The van der Waals surface area contributed by atoms with Crippen molar-refractivity contribution in [3.05, 3.63) is 48.0 Å². The lowest BCUT2D eigenvalue weighted by molar-refractivity contribution is -0.189. The van der Waals surface area contributed by atoms with Crippen LogP contribution in [0.1, 0.15) is 30.6 Å². The van der Waals surface area contributed by atoms with E-state index in [9.17, 15) is 22.8 Å². The summed E-state index contributed by atoms with van der Waals surface area (Å²) in [5, 5.41) is 13.6. The average molecular weight is 536 g/mol. The second-order valence-electron chi connectivity index (χ2n) is 7.98. The number of carbonyl (C=O) groups is 2. The Hall–Kier alpha value is -4.13. The maximum absolute atomic E-state index is 12.8. The number of anilines is 2. The van der Waals surface area contributed by atoms with Gasteiger partial charge in [-0.25, -0.2) is 4.79 Å². The van der Waals surface area contributed by atoms with Crippen molar-refractivity contribution in [2.24, 2.45) is 0 Å². The van der Waals surface area contributed by atoms with E-state index in [2.05, 4.69) is 44.3 Å². The highest BCUT2D eigenvalue weighted by molar-refractivity contribution is 6.07. The number of methoxy groups -OCH3 is 1. The molecule has 0 fully saturated rings. The molecule has 0 unspecified atom stereocenters. The molecule has 1 amide bonds. The van der Waals surface area contributed by atoms with Gasteiger partial charge in [0.1, 0.15) is 0 Å². The minimum atomic E-state index is -5.25. The van der Waals surface area contributed by atoms with Crippen LogP contribution in [0.15, 0.2) is 46.9 Å². The Morgan fingerprint density at radius 2 is 1.76 bits per heavy atom. The number of rotatable bonds is 12. The lowest BCUT2D eigenvalue weighted by atomic mass is 10.1. The van der Waals surface area contributed by atoms with Gasteiger partial charge in [0, 0.05) is 17.8 Å². The first-order valence-corrected chi connectivity index (χ1v) is 11.8. The van der Waals surface area contributed by atoms with Crippen molar-refractivity contribution in [2.75, 3.05) is 43.9 Å². The van der Waals surface area contributed by atoms with Crippen molar-refractivity contribution in [3.63, 3.8) is 0 Å². The molecule has 0 radical (unpaired) electrons. The Bertz CT molecular complexity index is 1230. The number of nitrogens with one attached hydrogen (secondary N) is 2. The van der Waals surface area contributed by atoms with Crippen LogP contribution in [0.4, 0.5) is 24.9 Å². The van der Waals surface area contributed by atoms with Gasteiger partial charge in [0.25, 0.3) is 5.91 Å². The lowest BCUT2D eigenvalue weighted by Gasteiger charge is -2.17. The highest BCUT2D eigenvalue weighted by Crippen LogP contribution is 2.33. The van der Waals surface area contributed by atoms with Crippen molar-refractivity contribution < 1.29 is 36.7 Å². The Morgan fingerprint density at radius 3 is 2.39 bits per heavy atom. The molecular weight excluding hydrogens is 507 g/mol. The Balaban J connectivity index is 1.65. The molecule has 38 heavy (non-hydrogen) atoms. The molecular formula is C25H28F3N5O5. The second-order valence-corrected chi connectivity index (χ2v) is 7.98. The van der Waals surface area contributed by atoms with Gasteiger partial charge in [0.2, 0.25) is 5.89 Å². The van der Waals surface area contributed by atoms with E-state index in [4.69, 9.17) is 9.15 Å². The minimum absolute atomic E-state index is 0.209. The fourth-order valence-electron chi connectivity index (χ4n) is 3.45. The third-order valence-corrected chi connectivity index (χ3v) is 5.51. The van der Waals surface area contributed by atoms with Crippen LogP contribution in [0.25, 0.3) is 11.5 Å². The molecule has 2 aromatic carbocycles. The molecule has 0 aliphatic carbocycles. The van der Waals surface area contributed by atoms with E-state index in [0.717, 1.165) is 26.1 Å². The molecule has 2 N–H and O–H groups in total. The van der Waals surface area contributed by atoms with Gasteiger partial charge in [-0.05, 0) is 62.5 Å². The summed E-state index contributed by atoms with van der Waals surface area (Å²) < 4.78 is 53.2. The monoisotopic (exact) mass is 535 g/mol. The van der Waals surface area contributed by atoms with Crippen LogP contribution in [0.5, 0.6) is 11.5 Å². The fraction of sp³-hybridized carbons (Fsp3) is 0.360. The van der Waals surface area contributed by atoms with Gasteiger partial charge in [-0.3, -0.25) is 4.79 Å². The molecule has 13 heteroatoms. The molecule has 1 heterocycles. The lowest BCUT2D eigenvalue weighted by Crippen LogP contribution is -2.29. The summed E-state index contributed by atoms with van der Waals surface area (Å²) in [6.45, 7) is 7.84. The van der Waals surface area contributed by atoms with Crippen molar-refractivity contribution in [1.29, 1.82) is 0 Å². The minimum Gasteiger partial charge on any atom is -0.493 e. The van der Waals surface area contributed by atoms with Crippen molar-refractivity contribution in [1.82, 2.24) is 15.1 Å². The summed E-state index contributed by atoms with van der Waals surface area (Å²) in [6.07, 6.45) is -4.34. The standard InChI is InChI=1S/C25H28F3N5O5/c1-4-33(5-2)15-7-14-29-24-32-31-22(38-24)16-10-12-17(13-11-16)30-21(34)18-8-6-9-19(36-3)20(18)37-23(35)25(26,27)28/h6,8-13H,4-5,7,14-15H2,1-3H3,(H,29,32)(H,30,34). The van der Waals surface area contributed by atoms with E-state index >= 15 is 0 Å². The molecule has 3 aromatic rings. The number of hydrogen-bond acceptors (Lipinski definition) is 9. The summed E-state index contributed by atoms with van der Waals surface area (Å²) in [6, 6.07) is 10.5. The number of alkyl halides is 3. The van der Waals surface area contributed by atoms with E-state index in [0.29, 0.717) is 17.8 Å². The summed E-state index contributed by atoms with van der Waals surface area (Å²) in [7, 11) is 1.17. The second kappa shape index (κ2) is 12.9. The third kappa shape index (κ3) is 7.44. The van der Waals surface area contributed by atoms with Crippen LogP contribution in [-0.4, -0.2) is 66.4 Å². The van der Waals surface area contributed by atoms with Crippen molar-refractivity contribution in [2.45, 2.75) is 26.4 Å². The van der Waals surface area contributed by atoms with Gasteiger partial charge in [0.15, 0.2) is 11.5 Å². The molecule has 0 spiro atoms. The van der Waals surface area contributed by atoms with E-state index in [1.54, 1.807) is 24.3 Å². The third-order valence-electron chi connectivity index (χ3n) is 5.51. The molecule has 10 nitrogen and oxygen atoms in total. The van der Waals surface area contributed by atoms with E-state index in [1.807, 2.05) is 0 Å². The van der Waals surface area contributed by atoms with Crippen LogP contribution in [0.2, 0.25) is 0 Å². The van der Waals surface area contributed by atoms with Gasteiger partial charge in [0.05, 0.1) is 12.7 Å². The maximum Gasteiger partial charge on any atom is 0.491 e. The molecule has 204 valence electrons. The number of para-hydroxylation sites is 1. The Morgan fingerprint density at radius 1 is 1.05 bits per heavy atom. The number of carbonyl (C=O) groups excluding carboxylic acids is 2. The average Bonchev–Trinajstić information content (AvgIpc) is 3.37. The van der Waals surface area contributed by atoms with Gasteiger partial charge in [-0.2, -0.15) is 13.2 Å². The number of nitrogens with zero attached hydrogens (tertiary/aromatic N) is 3. The number of benzene rings is 2. The maximum atomic E-state index is 12.8. The quantitative estimate of drug-likeness (QED) is 0.195. The summed E-state index contributed by atoms with van der Waals surface area (Å²) in [5.41, 5.74) is 0.594. The van der Waals surface area contributed by atoms with Crippen LogP contribution >= 0.6 is 0 Å². The first kappa shape index (κ1) is 28.4. The van der Waals surface area contributed by atoms with E-state index < -0.39 is 23.8 Å². The number of halogens is 3. The first-order chi connectivity index (χ1) is 18.2. The first-order valence-electron chi connectivity index (χ1n) is 11.8. The zero-order chi connectivity index (χ0) is 27.7. The number of amides is 1. The Labute approximate surface area is 217 Å². The largest absolute Gasteiger partial charge is 0.493 e. The van der Waals surface area contributed by atoms with Crippen molar-refractivity contribution in [3.8, 4) is 23.0 Å². The molecule has 3 rings (SSSR count). The zero-order valence-electron chi connectivity index (χ0n) is 21.1. The summed E-state index contributed by atoms with van der Waals surface area (Å²) >= 11 is 0. The van der Waals surface area contributed by atoms with Gasteiger partial charge >= 0.3 is 18.2 Å². The van der Waals surface area contributed by atoms with Crippen LogP contribution in [0, 0.1) is 0 Å². The number of aromatic nitrogens is 2. The van der Waals surface area contributed by atoms with E-state index in [-0.39, 0.29) is 23.2 Å². The number of hydrogen-bond donors (Lipinski definition) is 2. The highest BCUT2D eigenvalue weighted by Gasteiger charge is 2.42. The fourth-order valence-corrected chi connectivity index (χ4v) is 3.45. The molecule has 1 aromatic heterocycles. The summed E-state index contributed by atoms with van der Waals surface area (Å²) in [4.78, 5) is 26.5. The smallest absolute Gasteiger partial charge is 0.491 e. The molecule has 0 atom stereocenters. The van der Waals surface area contributed by atoms with Crippen LogP contribution in [0.3, 0.4) is 0 Å². The van der Waals surface area contributed by atoms with Crippen molar-refractivity contribution >= 4 is 23.6 Å². The van der Waals surface area contributed by atoms with Crippen LogP contribution in [-0.2, 0) is 4.79 Å².